The van der Waals surface area contributed by atoms with Crippen molar-refractivity contribution in [1.29, 1.82) is 0 Å². The van der Waals surface area contributed by atoms with E-state index in [9.17, 15) is 0 Å². The van der Waals surface area contributed by atoms with E-state index < -0.39 is 0 Å². The Balaban J connectivity index is 2.53. The highest BCUT2D eigenvalue weighted by atomic mass is 16.3. The van der Waals surface area contributed by atoms with Gasteiger partial charge in [0, 0.05) is 0 Å². The lowest BCUT2D eigenvalue weighted by atomic mass is 10.2. The number of hydrogen-bond acceptors (Lipinski definition) is 4. The van der Waals surface area contributed by atoms with Crippen LogP contribution in [0.3, 0.4) is 0 Å². The molecule has 1 atom stereocenters. The normalized spacial score (nSPS) is 13.5. The highest BCUT2D eigenvalue weighted by Gasteiger charge is 2.13. The third kappa shape index (κ3) is 2.83. The number of rotatable bonds is 5. The first-order valence-corrected chi connectivity index (χ1v) is 4.71. The average molecular weight is 199 g/mol. The van der Waals surface area contributed by atoms with E-state index in [2.05, 4.69) is 5.32 Å². The second-order valence-electron chi connectivity index (χ2n) is 3.40. The molecule has 14 heavy (non-hydrogen) atoms. The summed E-state index contributed by atoms with van der Waals surface area (Å²) in [5.74, 6) is 1.67. The topological polar surface area (TPSA) is 65.6 Å². The van der Waals surface area contributed by atoms with Gasteiger partial charge in [-0.3, -0.25) is 0 Å². The van der Waals surface area contributed by atoms with Crippen molar-refractivity contribution >= 4 is 0 Å². The van der Waals surface area contributed by atoms with Gasteiger partial charge in [0.05, 0.1) is 25.3 Å². The van der Waals surface area contributed by atoms with E-state index in [0.717, 1.165) is 11.5 Å². The van der Waals surface area contributed by atoms with Gasteiger partial charge in [0.25, 0.3) is 0 Å². The van der Waals surface area contributed by atoms with Gasteiger partial charge in [-0.1, -0.05) is 0 Å². The summed E-state index contributed by atoms with van der Waals surface area (Å²) in [7, 11) is 0. The van der Waals surface area contributed by atoms with Crippen molar-refractivity contribution in [3.63, 3.8) is 0 Å². The molecule has 1 heterocycles. The van der Waals surface area contributed by atoms with E-state index in [0.29, 0.717) is 0 Å². The van der Waals surface area contributed by atoms with Crippen molar-refractivity contribution in [3.8, 4) is 0 Å². The Morgan fingerprint density at radius 1 is 1.36 bits per heavy atom. The van der Waals surface area contributed by atoms with E-state index in [1.54, 1.807) is 0 Å². The number of aryl methyl sites for hydroxylation is 1. The molecular formula is C10H17NO3. The Labute approximate surface area is 83.6 Å². The first-order chi connectivity index (χ1) is 6.67. The maximum absolute atomic E-state index is 8.87. The van der Waals surface area contributed by atoms with Gasteiger partial charge in [-0.15, -0.1) is 0 Å². The molecule has 0 saturated carbocycles. The molecule has 80 valence electrons. The van der Waals surface area contributed by atoms with Crippen LogP contribution >= 0.6 is 0 Å². The zero-order chi connectivity index (χ0) is 10.6. The minimum absolute atomic E-state index is 0.00648. The first-order valence-electron chi connectivity index (χ1n) is 4.71. The molecule has 0 saturated heterocycles. The number of furan rings is 1. The third-order valence-electron chi connectivity index (χ3n) is 2.11. The molecule has 0 aliphatic rings. The second-order valence-corrected chi connectivity index (χ2v) is 3.40. The molecule has 0 fully saturated rings. The molecule has 1 rings (SSSR count). The van der Waals surface area contributed by atoms with Gasteiger partial charge >= 0.3 is 0 Å². The summed E-state index contributed by atoms with van der Waals surface area (Å²) in [5, 5.41) is 20.8. The van der Waals surface area contributed by atoms with Crippen LogP contribution < -0.4 is 5.32 Å². The van der Waals surface area contributed by atoms with Gasteiger partial charge in [-0.25, -0.2) is 0 Å². The highest BCUT2D eigenvalue weighted by molar-refractivity contribution is 5.09. The predicted molar refractivity (Wildman–Crippen MR) is 53.0 cm³/mol. The minimum Gasteiger partial charge on any atom is -0.465 e. The fraction of sp³-hybridized carbons (Fsp3) is 0.600. The minimum atomic E-state index is -0.296. The number of aliphatic hydroxyl groups is 2. The van der Waals surface area contributed by atoms with Gasteiger partial charge in [-0.2, -0.15) is 0 Å². The number of aliphatic hydroxyl groups excluding tert-OH is 2. The van der Waals surface area contributed by atoms with Crippen LogP contribution in [-0.4, -0.2) is 29.5 Å². The van der Waals surface area contributed by atoms with Crippen molar-refractivity contribution in [2.45, 2.75) is 25.9 Å². The zero-order valence-electron chi connectivity index (χ0n) is 8.53. The van der Waals surface area contributed by atoms with Crippen molar-refractivity contribution in [1.82, 2.24) is 5.32 Å². The van der Waals surface area contributed by atoms with Gasteiger partial charge in [0.1, 0.15) is 11.5 Å². The third-order valence-corrected chi connectivity index (χ3v) is 2.11. The summed E-state index contributed by atoms with van der Waals surface area (Å²) in [5.41, 5.74) is 0. The average Bonchev–Trinajstić information content (AvgIpc) is 2.61. The highest BCUT2D eigenvalue weighted by Crippen LogP contribution is 2.15. The molecule has 1 aromatic rings. The van der Waals surface area contributed by atoms with Crippen molar-refractivity contribution in [2.24, 2.45) is 0 Å². The standard InChI is InChI=1S/C10H17NO3/c1-7-3-4-10(14-7)8(2)11-9(5-12)6-13/h3-4,8-9,11-13H,5-6H2,1-2H3/t8-/m0/s1. The van der Waals surface area contributed by atoms with E-state index in [1.807, 2.05) is 26.0 Å². The Kier molecular flexibility index (Phi) is 4.13. The second kappa shape index (κ2) is 5.14. The molecule has 0 bridgehead atoms. The number of hydrogen-bond donors (Lipinski definition) is 3. The molecule has 0 spiro atoms. The largest absolute Gasteiger partial charge is 0.465 e. The first kappa shape index (κ1) is 11.2. The monoisotopic (exact) mass is 199 g/mol. The SMILES string of the molecule is Cc1ccc([C@H](C)NC(CO)CO)o1. The van der Waals surface area contributed by atoms with Crippen LogP contribution in [0.25, 0.3) is 0 Å². The predicted octanol–water partition coefficient (Wildman–Crippen LogP) is 0.592. The molecule has 0 amide bonds. The molecule has 0 aliphatic heterocycles. The van der Waals surface area contributed by atoms with Gasteiger partial charge in [-0.05, 0) is 26.0 Å². The lowest BCUT2D eigenvalue weighted by Crippen LogP contribution is -2.37. The summed E-state index contributed by atoms with van der Waals surface area (Å²) in [6.45, 7) is 3.64. The fourth-order valence-corrected chi connectivity index (χ4v) is 1.28. The quantitative estimate of drug-likeness (QED) is 0.649. The summed E-state index contributed by atoms with van der Waals surface area (Å²) >= 11 is 0. The van der Waals surface area contributed by atoms with Crippen molar-refractivity contribution < 1.29 is 14.6 Å². The molecule has 0 radical (unpaired) electrons. The number of nitrogens with one attached hydrogen (secondary N) is 1. The maximum Gasteiger partial charge on any atom is 0.120 e. The van der Waals surface area contributed by atoms with Crippen LogP contribution in [0.1, 0.15) is 24.5 Å². The van der Waals surface area contributed by atoms with Crippen molar-refractivity contribution in [2.75, 3.05) is 13.2 Å². The van der Waals surface area contributed by atoms with Crippen LogP contribution in [0.4, 0.5) is 0 Å². The molecule has 0 aliphatic carbocycles. The van der Waals surface area contributed by atoms with E-state index in [1.165, 1.54) is 0 Å². The van der Waals surface area contributed by atoms with Crippen LogP contribution in [0, 0.1) is 6.92 Å². The van der Waals surface area contributed by atoms with E-state index in [4.69, 9.17) is 14.6 Å². The molecule has 4 heteroatoms. The van der Waals surface area contributed by atoms with Crippen molar-refractivity contribution in [3.05, 3.63) is 23.7 Å². The van der Waals surface area contributed by atoms with Crippen LogP contribution in [0.5, 0.6) is 0 Å². The smallest absolute Gasteiger partial charge is 0.120 e. The summed E-state index contributed by atoms with van der Waals surface area (Å²) in [4.78, 5) is 0. The van der Waals surface area contributed by atoms with Gasteiger partial charge in [0.15, 0.2) is 0 Å². The molecule has 0 aromatic carbocycles. The van der Waals surface area contributed by atoms with Crippen LogP contribution in [0.2, 0.25) is 0 Å². The van der Waals surface area contributed by atoms with Crippen LogP contribution in [-0.2, 0) is 0 Å². The van der Waals surface area contributed by atoms with Gasteiger partial charge < -0.3 is 19.9 Å². The lowest BCUT2D eigenvalue weighted by Gasteiger charge is -2.18. The molecule has 0 unspecified atom stereocenters. The molecule has 1 aromatic heterocycles. The zero-order valence-corrected chi connectivity index (χ0v) is 8.53. The summed E-state index contributed by atoms with van der Waals surface area (Å²) in [6, 6.07) is 3.47. The van der Waals surface area contributed by atoms with E-state index >= 15 is 0 Å². The fourth-order valence-electron chi connectivity index (χ4n) is 1.28. The molecule has 3 N–H and O–H groups in total. The Morgan fingerprint density at radius 3 is 2.43 bits per heavy atom. The Hall–Kier alpha value is -0.840. The van der Waals surface area contributed by atoms with Gasteiger partial charge in [0.2, 0.25) is 0 Å². The molecule has 4 nitrogen and oxygen atoms in total. The lowest BCUT2D eigenvalue weighted by molar-refractivity contribution is 0.160. The van der Waals surface area contributed by atoms with E-state index in [-0.39, 0.29) is 25.3 Å². The maximum atomic E-state index is 8.87. The summed E-state index contributed by atoms with van der Waals surface area (Å²) < 4.78 is 5.41. The Bertz CT molecular complexity index is 268. The Morgan fingerprint density at radius 2 is 2.00 bits per heavy atom. The molecular weight excluding hydrogens is 182 g/mol. The summed E-state index contributed by atoms with van der Waals surface area (Å²) in [6.07, 6.45) is 0. The van der Waals surface area contributed by atoms with Crippen LogP contribution in [0.15, 0.2) is 16.5 Å².